The highest BCUT2D eigenvalue weighted by molar-refractivity contribution is 5.93. The van der Waals surface area contributed by atoms with Crippen LogP contribution in [0, 0.1) is 6.92 Å². The van der Waals surface area contributed by atoms with Crippen LogP contribution in [0.4, 0.5) is 0 Å². The monoisotopic (exact) mass is 220 g/mol. The third kappa shape index (κ3) is 1.42. The lowest BCUT2D eigenvalue weighted by Crippen LogP contribution is -2.04. The Hall–Kier alpha value is -2.30. The summed E-state index contributed by atoms with van der Waals surface area (Å²) in [6.45, 7) is 1.46. The van der Waals surface area contributed by atoms with Crippen LogP contribution in [0.25, 0.3) is 11.0 Å². The van der Waals surface area contributed by atoms with Gasteiger partial charge in [0, 0.05) is 0 Å². The Morgan fingerprint density at radius 2 is 2.06 bits per heavy atom. The fraction of sp³-hybridized carbons (Fsp3) is 0.0909. The lowest BCUT2D eigenvalue weighted by atomic mass is 10.1. The fourth-order valence-electron chi connectivity index (χ4n) is 1.43. The van der Waals surface area contributed by atoms with Gasteiger partial charge in [-0.3, -0.25) is 4.79 Å². The summed E-state index contributed by atoms with van der Waals surface area (Å²) in [6, 6.07) is 3.92. The maximum Gasteiger partial charge on any atom is 0.335 e. The van der Waals surface area contributed by atoms with Crippen molar-refractivity contribution in [3.63, 3.8) is 0 Å². The molecule has 1 aromatic heterocycles. The first-order valence-corrected chi connectivity index (χ1v) is 4.50. The number of fused-ring (bicyclic) bond motifs is 1. The molecule has 5 nitrogen and oxygen atoms in total. The molecule has 0 aliphatic carbocycles. The summed E-state index contributed by atoms with van der Waals surface area (Å²) in [5.41, 5.74) is -0.393. The first-order valence-electron chi connectivity index (χ1n) is 4.50. The number of hydrogen-bond acceptors (Lipinski definition) is 4. The van der Waals surface area contributed by atoms with Crippen LogP contribution in [0.15, 0.2) is 27.4 Å². The molecule has 0 saturated carbocycles. The van der Waals surface area contributed by atoms with Crippen molar-refractivity contribution in [2.75, 3.05) is 0 Å². The number of aromatic carboxylic acids is 1. The molecule has 0 saturated heterocycles. The van der Waals surface area contributed by atoms with E-state index in [-0.39, 0.29) is 22.3 Å². The van der Waals surface area contributed by atoms with E-state index in [9.17, 15) is 14.7 Å². The number of aryl methyl sites for hydroxylation is 1. The van der Waals surface area contributed by atoms with Crippen LogP contribution in [0.5, 0.6) is 5.75 Å². The minimum Gasteiger partial charge on any atom is -0.502 e. The molecule has 16 heavy (non-hydrogen) atoms. The summed E-state index contributed by atoms with van der Waals surface area (Å²) in [4.78, 5) is 22.3. The van der Waals surface area contributed by atoms with Gasteiger partial charge in [-0.2, -0.15) is 0 Å². The molecule has 82 valence electrons. The lowest BCUT2D eigenvalue weighted by Gasteiger charge is -2.02. The van der Waals surface area contributed by atoms with Crippen molar-refractivity contribution in [2.45, 2.75) is 6.92 Å². The van der Waals surface area contributed by atoms with E-state index in [0.29, 0.717) is 0 Å². The van der Waals surface area contributed by atoms with Crippen LogP contribution in [0.1, 0.15) is 16.1 Å². The van der Waals surface area contributed by atoms with E-state index >= 15 is 0 Å². The van der Waals surface area contributed by atoms with E-state index in [2.05, 4.69) is 0 Å². The number of rotatable bonds is 1. The van der Waals surface area contributed by atoms with Crippen molar-refractivity contribution in [1.29, 1.82) is 0 Å². The number of aromatic hydroxyl groups is 1. The molecule has 0 aliphatic heterocycles. The number of hydrogen-bond donors (Lipinski definition) is 2. The molecule has 2 aromatic rings. The minimum absolute atomic E-state index is 0.0250. The summed E-state index contributed by atoms with van der Waals surface area (Å²) >= 11 is 0. The van der Waals surface area contributed by atoms with E-state index in [4.69, 9.17) is 9.52 Å². The second-order valence-corrected chi connectivity index (χ2v) is 3.35. The molecule has 0 spiro atoms. The average molecular weight is 220 g/mol. The van der Waals surface area contributed by atoms with Gasteiger partial charge in [0.2, 0.25) is 11.2 Å². The molecule has 5 heteroatoms. The van der Waals surface area contributed by atoms with Crippen LogP contribution in [0.3, 0.4) is 0 Å². The van der Waals surface area contributed by atoms with Crippen LogP contribution < -0.4 is 5.43 Å². The van der Waals surface area contributed by atoms with Crippen molar-refractivity contribution in [1.82, 2.24) is 0 Å². The summed E-state index contributed by atoms with van der Waals surface area (Å²) in [5.74, 6) is -1.52. The molecule has 0 radical (unpaired) electrons. The molecular weight excluding hydrogens is 212 g/mol. The van der Waals surface area contributed by atoms with Gasteiger partial charge in [0.05, 0.1) is 10.9 Å². The van der Waals surface area contributed by atoms with Gasteiger partial charge in [-0.15, -0.1) is 0 Å². The van der Waals surface area contributed by atoms with Gasteiger partial charge >= 0.3 is 5.97 Å². The zero-order valence-corrected chi connectivity index (χ0v) is 8.35. The molecule has 2 rings (SSSR count). The largest absolute Gasteiger partial charge is 0.502 e. The van der Waals surface area contributed by atoms with Gasteiger partial charge in [0.25, 0.3) is 0 Å². The molecule has 0 aliphatic rings. The molecule has 0 unspecified atom stereocenters. The third-order valence-electron chi connectivity index (χ3n) is 2.28. The van der Waals surface area contributed by atoms with Gasteiger partial charge < -0.3 is 14.6 Å². The van der Waals surface area contributed by atoms with Crippen molar-refractivity contribution in [3.05, 3.63) is 39.7 Å². The zero-order chi connectivity index (χ0) is 11.9. The first-order chi connectivity index (χ1) is 7.50. The quantitative estimate of drug-likeness (QED) is 0.760. The molecule has 0 amide bonds. The highest BCUT2D eigenvalue weighted by atomic mass is 16.4. The van der Waals surface area contributed by atoms with Crippen molar-refractivity contribution in [3.8, 4) is 5.75 Å². The van der Waals surface area contributed by atoms with Crippen LogP contribution in [-0.2, 0) is 0 Å². The van der Waals surface area contributed by atoms with Crippen molar-refractivity contribution < 1.29 is 19.4 Å². The van der Waals surface area contributed by atoms with Crippen molar-refractivity contribution >= 4 is 16.9 Å². The van der Waals surface area contributed by atoms with Crippen LogP contribution >= 0.6 is 0 Å². The zero-order valence-electron chi connectivity index (χ0n) is 8.35. The normalized spacial score (nSPS) is 10.6. The number of carboxylic acids is 1. The highest BCUT2D eigenvalue weighted by Crippen LogP contribution is 2.19. The molecule has 0 fully saturated rings. The first kappa shape index (κ1) is 10.2. The molecule has 2 N–H and O–H groups in total. The molecule has 0 bridgehead atoms. The predicted octanol–water partition coefficient (Wildman–Crippen LogP) is 1.51. The summed E-state index contributed by atoms with van der Waals surface area (Å²) in [6.07, 6.45) is 0. The number of benzene rings is 1. The molecular formula is C11H8O5. The van der Waals surface area contributed by atoms with Gasteiger partial charge in [-0.1, -0.05) is 0 Å². The highest BCUT2D eigenvalue weighted by Gasteiger charge is 2.12. The van der Waals surface area contributed by atoms with Gasteiger partial charge in [0.1, 0.15) is 11.3 Å². The molecule has 1 heterocycles. The minimum atomic E-state index is -1.14. The number of carbonyl (C=O) groups is 1. The fourth-order valence-corrected chi connectivity index (χ4v) is 1.43. The summed E-state index contributed by atoms with van der Waals surface area (Å²) in [7, 11) is 0. The Labute approximate surface area is 89.6 Å². The van der Waals surface area contributed by atoms with E-state index in [1.807, 2.05) is 0 Å². The average Bonchev–Trinajstić information content (AvgIpc) is 2.25. The standard InChI is InChI=1S/C11H8O5/c1-5-9(12)10(13)7-4-6(11(14)15)2-3-8(7)16-5/h2-4,12H,1H3,(H,14,15). The van der Waals surface area contributed by atoms with E-state index in [1.54, 1.807) is 0 Å². The number of carboxylic acid groups (broad SMARTS) is 1. The molecule has 0 atom stereocenters. The van der Waals surface area contributed by atoms with Crippen LogP contribution in [-0.4, -0.2) is 16.2 Å². The topological polar surface area (TPSA) is 87.7 Å². The Balaban J connectivity index is 2.88. The third-order valence-corrected chi connectivity index (χ3v) is 2.28. The van der Waals surface area contributed by atoms with Gasteiger partial charge in [-0.25, -0.2) is 4.79 Å². The molecule has 1 aromatic carbocycles. The second kappa shape index (κ2) is 3.37. The van der Waals surface area contributed by atoms with E-state index in [0.717, 1.165) is 0 Å². The van der Waals surface area contributed by atoms with Gasteiger partial charge in [-0.05, 0) is 25.1 Å². The Morgan fingerprint density at radius 3 is 2.69 bits per heavy atom. The smallest absolute Gasteiger partial charge is 0.335 e. The van der Waals surface area contributed by atoms with Crippen LogP contribution in [0.2, 0.25) is 0 Å². The SMILES string of the molecule is Cc1oc2ccc(C(=O)O)cc2c(=O)c1O. The van der Waals surface area contributed by atoms with E-state index < -0.39 is 17.1 Å². The maximum absolute atomic E-state index is 11.6. The summed E-state index contributed by atoms with van der Waals surface area (Å²) in [5, 5.41) is 18.2. The maximum atomic E-state index is 11.6. The van der Waals surface area contributed by atoms with Crippen molar-refractivity contribution in [2.24, 2.45) is 0 Å². The van der Waals surface area contributed by atoms with Gasteiger partial charge in [0.15, 0.2) is 0 Å². The Morgan fingerprint density at radius 1 is 1.38 bits per heavy atom. The Kier molecular flexibility index (Phi) is 2.16. The lowest BCUT2D eigenvalue weighted by molar-refractivity contribution is 0.0697. The second-order valence-electron chi connectivity index (χ2n) is 3.35. The van der Waals surface area contributed by atoms with E-state index in [1.165, 1.54) is 25.1 Å². The predicted molar refractivity (Wildman–Crippen MR) is 55.8 cm³/mol. The summed E-state index contributed by atoms with van der Waals surface area (Å²) < 4.78 is 5.17. The Bertz CT molecular complexity index is 639.